The molecule has 4 nitrogen and oxygen atoms in total. The van der Waals surface area contributed by atoms with Gasteiger partial charge >= 0.3 is 0 Å². The van der Waals surface area contributed by atoms with Crippen LogP contribution < -0.4 is 0 Å². The quantitative estimate of drug-likeness (QED) is 0.906. The summed E-state index contributed by atoms with van der Waals surface area (Å²) in [6, 6.07) is 0. The Bertz CT molecular complexity index is 516. The van der Waals surface area contributed by atoms with Crippen LogP contribution in [0.3, 0.4) is 0 Å². The van der Waals surface area contributed by atoms with E-state index in [1.165, 1.54) is 0 Å². The second-order valence-corrected chi connectivity index (χ2v) is 7.98. The summed E-state index contributed by atoms with van der Waals surface area (Å²) in [4.78, 5) is 0. The lowest BCUT2D eigenvalue weighted by Gasteiger charge is -2.16. The summed E-state index contributed by atoms with van der Waals surface area (Å²) >= 11 is 0. The van der Waals surface area contributed by atoms with Crippen LogP contribution in [0.4, 0.5) is 0 Å². The van der Waals surface area contributed by atoms with Gasteiger partial charge < -0.3 is 9.67 Å². The maximum atomic E-state index is 11.7. The largest absolute Gasteiger partial charge is 0.388 e. The standard InChI is InChI=1S/C13H21NO3S/c1-10(2)18(16,17)7-6-14-8-11-4-3-5-13(15)12(11)9-14/h8-10,13,15H,3-7H2,1-2H3. The van der Waals surface area contributed by atoms with E-state index in [4.69, 9.17) is 0 Å². The van der Waals surface area contributed by atoms with Crippen molar-refractivity contribution in [3.8, 4) is 0 Å². The summed E-state index contributed by atoms with van der Waals surface area (Å²) in [7, 11) is -2.99. The van der Waals surface area contributed by atoms with Crippen LogP contribution >= 0.6 is 0 Å². The van der Waals surface area contributed by atoms with Gasteiger partial charge in [-0.15, -0.1) is 0 Å². The fourth-order valence-electron chi connectivity index (χ4n) is 2.32. The minimum absolute atomic E-state index is 0.161. The van der Waals surface area contributed by atoms with Crippen molar-refractivity contribution >= 4 is 9.84 Å². The van der Waals surface area contributed by atoms with Crippen LogP contribution in [-0.2, 0) is 22.8 Å². The topological polar surface area (TPSA) is 59.3 Å². The first-order valence-electron chi connectivity index (χ1n) is 6.48. The predicted octanol–water partition coefficient (Wildman–Crippen LogP) is 1.68. The fraction of sp³-hybridized carbons (Fsp3) is 0.692. The summed E-state index contributed by atoms with van der Waals surface area (Å²) in [5.74, 6) is 0.161. The van der Waals surface area contributed by atoms with E-state index in [1.807, 2.05) is 17.0 Å². The Morgan fingerprint density at radius 2 is 2.17 bits per heavy atom. The first kappa shape index (κ1) is 13.6. The molecule has 0 radical (unpaired) electrons. The number of sulfone groups is 1. The highest BCUT2D eigenvalue weighted by molar-refractivity contribution is 7.91. The number of aryl methyl sites for hydroxylation is 2. The molecule has 1 aromatic rings. The third-order valence-electron chi connectivity index (χ3n) is 3.63. The molecule has 0 bridgehead atoms. The second-order valence-electron chi connectivity index (χ2n) is 5.30. The summed E-state index contributed by atoms with van der Waals surface area (Å²) in [6.07, 6.45) is 6.29. The molecular weight excluding hydrogens is 250 g/mol. The molecule has 1 aliphatic carbocycles. The molecule has 1 heterocycles. The summed E-state index contributed by atoms with van der Waals surface area (Å²) < 4.78 is 25.4. The van der Waals surface area contributed by atoms with Crippen molar-refractivity contribution in [3.05, 3.63) is 23.5 Å². The Morgan fingerprint density at radius 3 is 2.78 bits per heavy atom. The molecular formula is C13H21NO3S. The normalized spacial score (nSPS) is 20.1. The maximum Gasteiger partial charge on any atom is 0.154 e. The van der Waals surface area contributed by atoms with Gasteiger partial charge in [-0.05, 0) is 38.7 Å². The number of hydrogen-bond acceptors (Lipinski definition) is 3. The van der Waals surface area contributed by atoms with Crippen molar-refractivity contribution in [2.24, 2.45) is 0 Å². The Morgan fingerprint density at radius 1 is 1.44 bits per heavy atom. The molecule has 0 aromatic carbocycles. The van der Waals surface area contributed by atoms with Gasteiger partial charge in [-0.1, -0.05) is 0 Å². The SMILES string of the molecule is CC(C)S(=O)(=O)CCn1cc2c(c1)C(O)CCC2. The zero-order valence-corrected chi connectivity index (χ0v) is 11.8. The van der Waals surface area contributed by atoms with Crippen LogP contribution in [0.25, 0.3) is 0 Å². The van der Waals surface area contributed by atoms with Crippen molar-refractivity contribution in [1.82, 2.24) is 4.57 Å². The molecule has 1 atom stereocenters. The number of aromatic nitrogens is 1. The number of rotatable bonds is 4. The van der Waals surface area contributed by atoms with Gasteiger partial charge in [0.05, 0.1) is 17.1 Å². The van der Waals surface area contributed by atoms with Gasteiger partial charge in [-0.25, -0.2) is 8.42 Å². The van der Waals surface area contributed by atoms with Crippen molar-refractivity contribution in [2.75, 3.05) is 5.75 Å². The summed E-state index contributed by atoms with van der Waals surface area (Å²) in [6.45, 7) is 3.89. The molecule has 2 rings (SSSR count). The Labute approximate surface area is 109 Å². The van der Waals surface area contributed by atoms with Gasteiger partial charge in [0.25, 0.3) is 0 Å². The van der Waals surface area contributed by atoms with Crippen LogP contribution in [0.1, 0.15) is 43.9 Å². The zero-order valence-electron chi connectivity index (χ0n) is 11.0. The van der Waals surface area contributed by atoms with Crippen LogP contribution in [0.5, 0.6) is 0 Å². The van der Waals surface area contributed by atoms with E-state index in [2.05, 4.69) is 0 Å². The van der Waals surface area contributed by atoms with E-state index in [1.54, 1.807) is 13.8 Å². The molecule has 1 aliphatic rings. The number of fused-ring (bicyclic) bond motifs is 1. The summed E-state index contributed by atoms with van der Waals surface area (Å²) in [5, 5.41) is 9.53. The molecule has 0 aliphatic heterocycles. The third kappa shape index (κ3) is 2.78. The lowest BCUT2D eigenvalue weighted by Crippen LogP contribution is -2.20. The summed E-state index contributed by atoms with van der Waals surface area (Å²) in [5.41, 5.74) is 2.14. The third-order valence-corrected chi connectivity index (χ3v) is 5.82. The van der Waals surface area contributed by atoms with Gasteiger partial charge in [-0.3, -0.25) is 0 Å². The van der Waals surface area contributed by atoms with Crippen molar-refractivity contribution in [2.45, 2.75) is 51.0 Å². The number of aliphatic hydroxyl groups is 1. The van der Waals surface area contributed by atoms with Crippen molar-refractivity contribution < 1.29 is 13.5 Å². The highest BCUT2D eigenvalue weighted by Gasteiger charge is 2.21. The molecule has 5 heteroatoms. The van der Waals surface area contributed by atoms with E-state index in [0.29, 0.717) is 6.54 Å². The smallest absolute Gasteiger partial charge is 0.154 e. The highest BCUT2D eigenvalue weighted by Crippen LogP contribution is 2.30. The molecule has 0 fully saturated rings. The fourth-order valence-corrected chi connectivity index (χ4v) is 3.26. The molecule has 18 heavy (non-hydrogen) atoms. The van der Waals surface area contributed by atoms with E-state index in [0.717, 1.165) is 30.4 Å². The van der Waals surface area contributed by atoms with Gasteiger partial charge in [0, 0.05) is 24.5 Å². The average molecular weight is 271 g/mol. The first-order chi connectivity index (χ1) is 8.40. The monoisotopic (exact) mass is 271 g/mol. The maximum absolute atomic E-state index is 11.7. The molecule has 1 aromatic heterocycles. The predicted molar refractivity (Wildman–Crippen MR) is 71.3 cm³/mol. The number of hydrogen-bond donors (Lipinski definition) is 1. The number of aliphatic hydroxyl groups excluding tert-OH is 1. The lowest BCUT2D eigenvalue weighted by molar-refractivity contribution is 0.157. The Kier molecular flexibility index (Phi) is 3.82. The molecule has 0 spiro atoms. The molecule has 0 saturated carbocycles. The minimum Gasteiger partial charge on any atom is -0.388 e. The minimum atomic E-state index is -2.99. The second kappa shape index (κ2) is 5.05. The van der Waals surface area contributed by atoms with Crippen LogP contribution in [0, 0.1) is 0 Å². The Balaban J connectivity index is 2.08. The van der Waals surface area contributed by atoms with Gasteiger partial charge in [0.1, 0.15) is 0 Å². The lowest BCUT2D eigenvalue weighted by atomic mass is 9.93. The zero-order chi connectivity index (χ0) is 13.3. The van der Waals surface area contributed by atoms with Crippen molar-refractivity contribution in [3.63, 3.8) is 0 Å². The van der Waals surface area contributed by atoms with Crippen LogP contribution in [0.15, 0.2) is 12.4 Å². The highest BCUT2D eigenvalue weighted by atomic mass is 32.2. The average Bonchev–Trinajstić information content (AvgIpc) is 2.71. The molecule has 0 saturated heterocycles. The first-order valence-corrected chi connectivity index (χ1v) is 8.20. The Hall–Kier alpha value is -0.810. The van der Waals surface area contributed by atoms with E-state index < -0.39 is 9.84 Å². The molecule has 1 unspecified atom stereocenters. The van der Waals surface area contributed by atoms with E-state index >= 15 is 0 Å². The van der Waals surface area contributed by atoms with Crippen molar-refractivity contribution in [1.29, 1.82) is 0 Å². The van der Waals surface area contributed by atoms with E-state index in [9.17, 15) is 13.5 Å². The van der Waals surface area contributed by atoms with Gasteiger partial charge in [-0.2, -0.15) is 0 Å². The molecule has 0 amide bonds. The van der Waals surface area contributed by atoms with Gasteiger partial charge in [0.2, 0.25) is 0 Å². The number of nitrogens with zero attached hydrogens (tertiary/aromatic N) is 1. The molecule has 102 valence electrons. The van der Waals surface area contributed by atoms with Gasteiger partial charge in [0.15, 0.2) is 9.84 Å². The molecule has 1 N–H and O–H groups in total. The van der Waals surface area contributed by atoms with Crippen LogP contribution in [0.2, 0.25) is 0 Å². The van der Waals surface area contributed by atoms with Crippen LogP contribution in [-0.4, -0.2) is 29.1 Å². The van der Waals surface area contributed by atoms with E-state index in [-0.39, 0.29) is 17.1 Å².